The van der Waals surface area contributed by atoms with E-state index in [1.807, 2.05) is 0 Å². The summed E-state index contributed by atoms with van der Waals surface area (Å²) in [7, 11) is 0. The number of benzene rings is 1. The molecule has 1 aliphatic carbocycles. The number of aromatic nitrogens is 2. The molecule has 1 heterocycles. The van der Waals surface area contributed by atoms with Crippen molar-refractivity contribution in [2.75, 3.05) is 12.0 Å². The predicted octanol–water partition coefficient (Wildman–Crippen LogP) is 4.92. The number of nitrogens with zero attached hydrogens (tertiary/aromatic N) is 2. The number of rotatable bonds is 7. The summed E-state index contributed by atoms with van der Waals surface area (Å²) in [5.41, 5.74) is -1.77. The average Bonchev–Trinajstić information content (AvgIpc) is 3.40. The van der Waals surface area contributed by atoms with Gasteiger partial charge in [0, 0.05) is 5.56 Å². The van der Waals surface area contributed by atoms with Gasteiger partial charge in [-0.15, -0.1) is 0 Å². The lowest BCUT2D eigenvalue weighted by atomic mass is 10.0. The molecule has 1 amide bonds. The number of carbonyl (C=O) groups is 1. The zero-order valence-corrected chi connectivity index (χ0v) is 16.5. The van der Waals surface area contributed by atoms with Crippen molar-refractivity contribution in [3.63, 3.8) is 0 Å². The van der Waals surface area contributed by atoms with Gasteiger partial charge in [-0.2, -0.15) is 0 Å². The van der Waals surface area contributed by atoms with Gasteiger partial charge in [0.05, 0.1) is 17.1 Å². The van der Waals surface area contributed by atoms with E-state index < -0.39 is 42.0 Å². The maximum absolute atomic E-state index is 14.5. The predicted molar refractivity (Wildman–Crippen MR) is 101 cm³/mol. The maximum atomic E-state index is 14.5. The summed E-state index contributed by atoms with van der Waals surface area (Å²) in [6.07, 6.45) is -1.95. The van der Waals surface area contributed by atoms with E-state index in [0.717, 1.165) is 6.07 Å². The molecule has 10 heteroatoms. The Bertz CT molecular complexity index is 937. The van der Waals surface area contributed by atoms with Crippen molar-refractivity contribution in [2.45, 2.75) is 44.7 Å². The number of carbonyl (C=O) groups excluding carboxylic acids is 1. The van der Waals surface area contributed by atoms with Gasteiger partial charge in [-0.25, -0.2) is 27.5 Å². The standard InChI is InChI=1S/C19H19ClF4N4O/c1-9(11-4-3-5-12(14(11)22)16(23)24)25-17-13(15(20)26-10(2)27-17)18(29)28-19(8-21)6-7-19/h3-5,9,16H,6-8H2,1-2H3,(H,28,29)(H,25,26,27)/t9-/m1/s1. The van der Waals surface area contributed by atoms with Gasteiger partial charge in [0.25, 0.3) is 12.3 Å². The molecule has 1 saturated carbocycles. The van der Waals surface area contributed by atoms with Crippen molar-refractivity contribution in [1.29, 1.82) is 0 Å². The van der Waals surface area contributed by atoms with E-state index >= 15 is 0 Å². The smallest absolute Gasteiger partial charge is 0.266 e. The van der Waals surface area contributed by atoms with Crippen LogP contribution in [0, 0.1) is 12.7 Å². The first-order valence-electron chi connectivity index (χ1n) is 8.93. The molecule has 1 aromatic heterocycles. The molecule has 0 unspecified atom stereocenters. The van der Waals surface area contributed by atoms with Gasteiger partial charge in [0.2, 0.25) is 0 Å². The molecular formula is C19H19ClF4N4O. The van der Waals surface area contributed by atoms with E-state index in [-0.39, 0.29) is 27.9 Å². The van der Waals surface area contributed by atoms with Crippen LogP contribution in [-0.4, -0.2) is 28.1 Å². The minimum atomic E-state index is -2.96. The van der Waals surface area contributed by atoms with Crippen LogP contribution < -0.4 is 10.6 Å². The monoisotopic (exact) mass is 430 g/mol. The van der Waals surface area contributed by atoms with E-state index in [0.29, 0.717) is 12.8 Å². The van der Waals surface area contributed by atoms with Crippen LogP contribution in [0.3, 0.4) is 0 Å². The third-order valence-electron chi connectivity index (χ3n) is 4.81. The molecule has 5 nitrogen and oxygen atoms in total. The fourth-order valence-corrected chi connectivity index (χ4v) is 3.24. The second-order valence-electron chi connectivity index (χ2n) is 7.07. The highest BCUT2D eigenvalue weighted by atomic mass is 35.5. The molecule has 29 heavy (non-hydrogen) atoms. The molecule has 1 aromatic carbocycles. The molecule has 0 spiro atoms. The molecule has 156 valence electrons. The highest BCUT2D eigenvalue weighted by Crippen LogP contribution is 2.37. The number of hydrogen-bond acceptors (Lipinski definition) is 4. The molecule has 0 saturated heterocycles. The van der Waals surface area contributed by atoms with Crippen LogP contribution in [-0.2, 0) is 0 Å². The highest BCUT2D eigenvalue weighted by molar-refractivity contribution is 6.33. The van der Waals surface area contributed by atoms with Crippen LogP contribution in [0.5, 0.6) is 0 Å². The fourth-order valence-electron chi connectivity index (χ4n) is 2.94. The van der Waals surface area contributed by atoms with Crippen LogP contribution in [0.2, 0.25) is 5.15 Å². The first-order chi connectivity index (χ1) is 13.7. The second-order valence-corrected chi connectivity index (χ2v) is 7.43. The number of halogens is 5. The van der Waals surface area contributed by atoms with E-state index in [2.05, 4.69) is 20.6 Å². The van der Waals surface area contributed by atoms with Gasteiger partial charge in [-0.05, 0) is 26.7 Å². The third-order valence-corrected chi connectivity index (χ3v) is 5.08. The third kappa shape index (κ3) is 4.44. The molecule has 0 aliphatic heterocycles. The zero-order chi connectivity index (χ0) is 21.3. The number of hydrogen-bond donors (Lipinski definition) is 2. The summed E-state index contributed by atoms with van der Waals surface area (Å²) in [5, 5.41) is 5.28. The average molecular weight is 431 g/mol. The summed E-state index contributed by atoms with van der Waals surface area (Å²) < 4.78 is 53.6. The van der Waals surface area contributed by atoms with Crippen molar-refractivity contribution in [3.05, 3.63) is 51.7 Å². The first kappa shape index (κ1) is 21.3. The van der Waals surface area contributed by atoms with E-state index in [4.69, 9.17) is 11.6 Å². The Balaban J connectivity index is 1.93. The van der Waals surface area contributed by atoms with Crippen LogP contribution >= 0.6 is 11.6 Å². The van der Waals surface area contributed by atoms with Crippen LogP contribution in [0.1, 0.15) is 59.5 Å². The Kier molecular flexibility index (Phi) is 5.97. The second kappa shape index (κ2) is 8.14. The lowest BCUT2D eigenvalue weighted by Gasteiger charge is -2.21. The molecule has 3 rings (SSSR count). The van der Waals surface area contributed by atoms with Gasteiger partial charge in [0.15, 0.2) is 0 Å². The van der Waals surface area contributed by atoms with E-state index in [1.165, 1.54) is 19.1 Å². The maximum Gasteiger partial charge on any atom is 0.266 e. The molecule has 0 radical (unpaired) electrons. The van der Waals surface area contributed by atoms with Crippen molar-refractivity contribution in [3.8, 4) is 0 Å². The van der Waals surface area contributed by atoms with Crippen LogP contribution in [0.25, 0.3) is 0 Å². The summed E-state index contributed by atoms with van der Waals surface area (Å²) in [5.74, 6) is -1.46. The van der Waals surface area contributed by atoms with Crippen molar-refractivity contribution in [1.82, 2.24) is 15.3 Å². The van der Waals surface area contributed by atoms with Gasteiger partial charge in [0.1, 0.15) is 34.9 Å². The Morgan fingerprint density at radius 1 is 1.28 bits per heavy atom. The molecule has 1 atom stereocenters. The zero-order valence-electron chi connectivity index (χ0n) is 15.7. The SMILES string of the molecule is Cc1nc(Cl)c(C(=O)NC2(CF)CC2)c(N[C@H](C)c2cccc(C(F)F)c2F)n1. The summed E-state index contributed by atoms with van der Waals surface area (Å²) >= 11 is 6.13. The topological polar surface area (TPSA) is 66.9 Å². The lowest BCUT2D eigenvalue weighted by Crippen LogP contribution is -2.39. The van der Waals surface area contributed by atoms with Crippen LogP contribution in [0.4, 0.5) is 23.4 Å². The van der Waals surface area contributed by atoms with Crippen molar-refractivity contribution < 1.29 is 22.4 Å². The largest absolute Gasteiger partial charge is 0.363 e. The van der Waals surface area contributed by atoms with Gasteiger partial charge < -0.3 is 10.6 Å². The fraction of sp³-hybridized carbons (Fsp3) is 0.421. The minimum Gasteiger partial charge on any atom is -0.363 e. The van der Waals surface area contributed by atoms with Crippen molar-refractivity contribution >= 4 is 23.3 Å². The van der Waals surface area contributed by atoms with E-state index in [9.17, 15) is 22.4 Å². The van der Waals surface area contributed by atoms with Crippen molar-refractivity contribution in [2.24, 2.45) is 0 Å². The molecule has 1 aliphatic rings. The van der Waals surface area contributed by atoms with Gasteiger partial charge >= 0.3 is 0 Å². The molecule has 2 aromatic rings. The summed E-state index contributed by atoms with van der Waals surface area (Å²) in [4.78, 5) is 20.8. The highest BCUT2D eigenvalue weighted by Gasteiger charge is 2.45. The van der Waals surface area contributed by atoms with E-state index in [1.54, 1.807) is 6.92 Å². The lowest BCUT2D eigenvalue weighted by molar-refractivity contribution is 0.0923. The quantitative estimate of drug-likeness (QED) is 0.483. The Morgan fingerprint density at radius 2 is 1.93 bits per heavy atom. The molecule has 1 fully saturated rings. The van der Waals surface area contributed by atoms with Gasteiger partial charge in [-0.3, -0.25) is 4.79 Å². The number of amides is 1. The summed E-state index contributed by atoms with van der Waals surface area (Å²) in [6.45, 7) is 2.36. The summed E-state index contributed by atoms with van der Waals surface area (Å²) in [6, 6.07) is 2.87. The normalized spacial score (nSPS) is 15.9. The number of nitrogens with one attached hydrogen (secondary N) is 2. The first-order valence-corrected chi connectivity index (χ1v) is 9.31. The Hall–Kier alpha value is -2.42. The Morgan fingerprint density at radius 3 is 2.52 bits per heavy atom. The number of alkyl halides is 3. The minimum absolute atomic E-state index is 0.00371. The van der Waals surface area contributed by atoms with Gasteiger partial charge in [-0.1, -0.05) is 29.8 Å². The number of anilines is 1. The molecular weight excluding hydrogens is 412 g/mol. The number of aryl methyl sites for hydroxylation is 1. The molecule has 2 N–H and O–H groups in total. The Labute approximate surface area is 169 Å². The van der Waals surface area contributed by atoms with Crippen LogP contribution in [0.15, 0.2) is 18.2 Å². The molecule has 0 bridgehead atoms.